The van der Waals surface area contributed by atoms with Crippen molar-refractivity contribution in [1.29, 1.82) is 0 Å². The van der Waals surface area contributed by atoms with Gasteiger partial charge >= 0.3 is 5.97 Å². The van der Waals surface area contributed by atoms with E-state index in [0.717, 1.165) is 17.7 Å². The van der Waals surface area contributed by atoms with Crippen LogP contribution < -0.4 is 5.32 Å². The molecule has 0 amide bonds. The maximum Gasteiger partial charge on any atom is 0.354 e. The first-order chi connectivity index (χ1) is 9.20. The van der Waals surface area contributed by atoms with Gasteiger partial charge in [0.25, 0.3) is 0 Å². The number of hydrogen-bond donors (Lipinski definition) is 2. The molecule has 0 aliphatic carbocycles. The SMILES string of the molecule is CCc1cccnc1CNc1nccc(C(=O)O)n1. The Bertz CT molecular complexity index is 586. The van der Waals surface area contributed by atoms with E-state index in [9.17, 15) is 4.79 Å². The van der Waals surface area contributed by atoms with E-state index in [1.807, 2.05) is 12.1 Å². The van der Waals surface area contributed by atoms with Crippen LogP contribution in [0.1, 0.15) is 28.7 Å². The topological polar surface area (TPSA) is 88.0 Å². The fourth-order valence-corrected chi connectivity index (χ4v) is 1.68. The Labute approximate surface area is 110 Å². The molecular formula is C13H14N4O2. The number of aromatic carboxylic acids is 1. The second kappa shape index (κ2) is 5.90. The number of carbonyl (C=O) groups is 1. The van der Waals surface area contributed by atoms with Crippen LogP contribution >= 0.6 is 0 Å². The molecule has 2 heterocycles. The maximum absolute atomic E-state index is 10.8. The van der Waals surface area contributed by atoms with Crippen molar-refractivity contribution in [2.75, 3.05) is 5.32 Å². The fraction of sp³-hybridized carbons (Fsp3) is 0.231. The number of nitrogens with one attached hydrogen (secondary N) is 1. The number of rotatable bonds is 5. The first-order valence-electron chi connectivity index (χ1n) is 5.93. The van der Waals surface area contributed by atoms with E-state index in [4.69, 9.17) is 5.11 Å². The van der Waals surface area contributed by atoms with Gasteiger partial charge in [0.05, 0.1) is 12.2 Å². The number of aromatic nitrogens is 3. The summed E-state index contributed by atoms with van der Waals surface area (Å²) in [7, 11) is 0. The summed E-state index contributed by atoms with van der Waals surface area (Å²) in [5, 5.41) is 11.8. The third kappa shape index (κ3) is 3.25. The molecule has 0 aliphatic heterocycles. The Morgan fingerprint density at radius 1 is 1.32 bits per heavy atom. The van der Waals surface area contributed by atoms with Crippen molar-refractivity contribution in [3.8, 4) is 0 Å². The van der Waals surface area contributed by atoms with Crippen molar-refractivity contribution in [3.05, 3.63) is 47.5 Å². The summed E-state index contributed by atoms with van der Waals surface area (Å²) >= 11 is 0. The van der Waals surface area contributed by atoms with Crippen LogP contribution in [0.25, 0.3) is 0 Å². The fourth-order valence-electron chi connectivity index (χ4n) is 1.68. The van der Waals surface area contributed by atoms with Gasteiger partial charge < -0.3 is 10.4 Å². The van der Waals surface area contributed by atoms with Crippen LogP contribution in [-0.2, 0) is 13.0 Å². The van der Waals surface area contributed by atoms with Crippen LogP contribution in [0.4, 0.5) is 5.95 Å². The second-order valence-corrected chi connectivity index (χ2v) is 3.89. The third-order valence-corrected chi connectivity index (χ3v) is 2.65. The van der Waals surface area contributed by atoms with Gasteiger partial charge in [-0.15, -0.1) is 0 Å². The molecule has 0 saturated carbocycles. The summed E-state index contributed by atoms with van der Waals surface area (Å²) < 4.78 is 0. The summed E-state index contributed by atoms with van der Waals surface area (Å²) in [6, 6.07) is 5.26. The predicted molar refractivity (Wildman–Crippen MR) is 69.9 cm³/mol. The Morgan fingerprint density at radius 3 is 2.89 bits per heavy atom. The summed E-state index contributed by atoms with van der Waals surface area (Å²) in [4.78, 5) is 23.0. The van der Waals surface area contributed by atoms with Gasteiger partial charge in [-0.1, -0.05) is 13.0 Å². The van der Waals surface area contributed by atoms with E-state index in [0.29, 0.717) is 6.54 Å². The van der Waals surface area contributed by atoms with Gasteiger partial charge in [0.1, 0.15) is 0 Å². The molecule has 0 aromatic carbocycles. The Kier molecular flexibility index (Phi) is 4.02. The van der Waals surface area contributed by atoms with Crippen molar-refractivity contribution in [3.63, 3.8) is 0 Å². The highest BCUT2D eigenvalue weighted by molar-refractivity contribution is 5.85. The maximum atomic E-state index is 10.8. The summed E-state index contributed by atoms with van der Waals surface area (Å²) in [5.41, 5.74) is 2.02. The Hall–Kier alpha value is -2.50. The molecule has 0 unspecified atom stereocenters. The van der Waals surface area contributed by atoms with Gasteiger partial charge in [-0.3, -0.25) is 4.98 Å². The van der Waals surface area contributed by atoms with Gasteiger partial charge in [0.15, 0.2) is 5.69 Å². The molecule has 0 radical (unpaired) electrons. The average Bonchev–Trinajstić information content (AvgIpc) is 2.45. The lowest BCUT2D eigenvalue weighted by Crippen LogP contribution is -2.09. The minimum Gasteiger partial charge on any atom is -0.477 e. The molecule has 0 bridgehead atoms. The van der Waals surface area contributed by atoms with E-state index in [1.54, 1.807) is 6.20 Å². The summed E-state index contributed by atoms with van der Waals surface area (Å²) in [6.07, 6.45) is 4.03. The Morgan fingerprint density at radius 2 is 2.16 bits per heavy atom. The first kappa shape index (κ1) is 12.9. The number of pyridine rings is 1. The number of carboxylic acid groups (broad SMARTS) is 1. The number of aryl methyl sites for hydroxylation is 1. The molecule has 6 nitrogen and oxygen atoms in total. The molecule has 2 rings (SSSR count). The molecule has 2 aromatic rings. The zero-order valence-corrected chi connectivity index (χ0v) is 10.5. The second-order valence-electron chi connectivity index (χ2n) is 3.89. The number of carboxylic acids is 1. The molecule has 0 atom stereocenters. The third-order valence-electron chi connectivity index (χ3n) is 2.65. The standard InChI is InChI=1S/C13H14N4O2/c1-2-9-4-3-6-14-11(9)8-16-13-15-7-5-10(17-13)12(18)19/h3-7H,2,8H2,1H3,(H,18,19)(H,15,16,17). The normalized spacial score (nSPS) is 10.2. The quantitative estimate of drug-likeness (QED) is 0.849. The van der Waals surface area contributed by atoms with E-state index in [-0.39, 0.29) is 11.6 Å². The highest BCUT2D eigenvalue weighted by Gasteiger charge is 2.07. The summed E-state index contributed by atoms with van der Waals surface area (Å²) in [5.74, 6) is -0.787. The van der Waals surface area contributed by atoms with Crippen molar-refractivity contribution >= 4 is 11.9 Å². The van der Waals surface area contributed by atoms with Gasteiger partial charge in [0.2, 0.25) is 5.95 Å². The van der Waals surface area contributed by atoms with Crippen LogP contribution in [0, 0.1) is 0 Å². The zero-order chi connectivity index (χ0) is 13.7. The molecule has 0 fully saturated rings. The molecule has 19 heavy (non-hydrogen) atoms. The van der Waals surface area contributed by atoms with E-state index in [2.05, 4.69) is 27.2 Å². The van der Waals surface area contributed by atoms with Crippen LogP contribution in [0.5, 0.6) is 0 Å². The predicted octanol–water partition coefficient (Wildman–Crippen LogP) is 1.74. The van der Waals surface area contributed by atoms with Gasteiger partial charge in [-0.05, 0) is 24.1 Å². The molecule has 98 valence electrons. The molecule has 0 spiro atoms. The van der Waals surface area contributed by atoms with Crippen LogP contribution in [0.2, 0.25) is 0 Å². The first-order valence-corrected chi connectivity index (χ1v) is 5.93. The molecule has 6 heteroatoms. The lowest BCUT2D eigenvalue weighted by atomic mass is 10.1. The van der Waals surface area contributed by atoms with Crippen molar-refractivity contribution in [1.82, 2.24) is 15.0 Å². The largest absolute Gasteiger partial charge is 0.477 e. The highest BCUT2D eigenvalue weighted by atomic mass is 16.4. The number of nitrogens with zero attached hydrogens (tertiary/aromatic N) is 3. The molecule has 0 saturated heterocycles. The van der Waals surface area contributed by atoms with Gasteiger partial charge in [-0.25, -0.2) is 14.8 Å². The van der Waals surface area contributed by atoms with E-state index < -0.39 is 5.97 Å². The van der Waals surface area contributed by atoms with Crippen molar-refractivity contribution in [2.24, 2.45) is 0 Å². The Balaban J connectivity index is 2.10. The van der Waals surface area contributed by atoms with Crippen LogP contribution in [0.15, 0.2) is 30.6 Å². The monoisotopic (exact) mass is 258 g/mol. The van der Waals surface area contributed by atoms with E-state index >= 15 is 0 Å². The van der Waals surface area contributed by atoms with Crippen LogP contribution in [0.3, 0.4) is 0 Å². The minimum absolute atomic E-state index is 0.0331. The lowest BCUT2D eigenvalue weighted by Gasteiger charge is -2.08. The lowest BCUT2D eigenvalue weighted by molar-refractivity contribution is 0.0690. The van der Waals surface area contributed by atoms with Gasteiger partial charge in [0, 0.05) is 12.4 Å². The minimum atomic E-state index is -1.07. The number of hydrogen-bond acceptors (Lipinski definition) is 5. The molecular weight excluding hydrogens is 244 g/mol. The van der Waals surface area contributed by atoms with Crippen molar-refractivity contribution < 1.29 is 9.90 Å². The van der Waals surface area contributed by atoms with E-state index in [1.165, 1.54) is 12.3 Å². The highest BCUT2D eigenvalue weighted by Crippen LogP contribution is 2.08. The van der Waals surface area contributed by atoms with Crippen molar-refractivity contribution in [2.45, 2.75) is 19.9 Å². The summed E-state index contributed by atoms with van der Waals surface area (Å²) in [6.45, 7) is 2.52. The van der Waals surface area contributed by atoms with Crippen LogP contribution in [-0.4, -0.2) is 26.0 Å². The molecule has 0 aliphatic rings. The van der Waals surface area contributed by atoms with Gasteiger partial charge in [-0.2, -0.15) is 0 Å². The number of anilines is 1. The molecule has 2 aromatic heterocycles. The average molecular weight is 258 g/mol. The molecule has 2 N–H and O–H groups in total. The smallest absolute Gasteiger partial charge is 0.354 e. The zero-order valence-electron chi connectivity index (χ0n) is 10.5.